The van der Waals surface area contributed by atoms with Crippen LogP contribution >= 0.6 is 0 Å². The molecule has 0 bridgehead atoms. The minimum absolute atomic E-state index is 0.111. The first-order chi connectivity index (χ1) is 14.7. The molecule has 6 nitrogen and oxygen atoms in total. The van der Waals surface area contributed by atoms with E-state index in [0.29, 0.717) is 24.2 Å². The van der Waals surface area contributed by atoms with Crippen molar-refractivity contribution in [1.82, 2.24) is 10.3 Å². The van der Waals surface area contributed by atoms with E-state index >= 15 is 0 Å². The Morgan fingerprint density at radius 3 is 2.71 bits per heavy atom. The normalized spacial score (nSPS) is 18.3. The van der Waals surface area contributed by atoms with Crippen molar-refractivity contribution in [2.45, 2.75) is 52.3 Å². The second kappa shape index (κ2) is 8.27. The average Bonchev–Trinajstić information content (AvgIpc) is 3.17. The van der Waals surface area contributed by atoms with Gasteiger partial charge < -0.3 is 25.8 Å². The molecule has 1 aromatic heterocycles. The van der Waals surface area contributed by atoms with E-state index in [-0.39, 0.29) is 5.54 Å². The number of nitrogens with zero attached hydrogens (tertiary/aromatic N) is 2. The minimum atomic E-state index is 0.111. The number of benzene rings is 1. The summed E-state index contributed by atoms with van der Waals surface area (Å²) >= 11 is 0. The minimum Gasteiger partial charge on any atom is -0.472 e. The Morgan fingerprint density at radius 1 is 1.23 bits per heavy atom. The van der Waals surface area contributed by atoms with Crippen LogP contribution in [-0.2, 0) is 6.61 Å². The van der Waals surface area contributed by atoms with E-state index in [1.54, 1.807) is 13.0 Å². The van der Waals surface area contributed by atoms with Crippen molar-refractivity contribution in [1.29, 1.82) is 10.8 Å². The number of nitrogens with one attached hydrogen (secondary N) is 3. The molecule has 6 heteroatoms. The van der Waals surface area contributed by atoms with Gasteiger partial charge in [0.15, 0.2) is 0 Å². The van der Waals surface area contributed by atoms with E-state index in [2.05, 4.69) is 55.3 Å². The van der Waals surface area contributed by atoms with E-state index in [1.807, 2.05) is 6.07 Å². The second-order valence-electron chi connectivity index (χ2n) is 9.44. The first-order valence-corrected chi connectivity index (χ1v) is 10.8. The Bertz CT molecular complexity index is 1050. The molecule has 2 aliphatic rings. The highest BCUT2D eigenvalue weighted by molar-refractivity contribution is 6.15. The molecule has 0 amide bonds. The maximum Gasteiger partial charge on any atom is 0.223 e. The lowest BCUT2D eigenvalue weighted by atomic mass is 9.94. The Balaban J connectivity index is 1.57. The molecule has 0 spiro atoms. The molecular formula is C25H31N5O. The van der Waals surface area contributed by atoms with Crippen LogP contribution in [0.15, 0.2) is 36.4 Å². The largest absolute Gasteiger partial charge is 0.472 e. The molecule has 0 unspecified atom stereocenters. The van der Waals surface area contributed by atoms with Crippen molar-refractivity contribution in [3.8, 4) is 17.0 Å². The van der Waals surface area contributed by atoms with Gasteiger partial charge in [0.25, 0.3) is 0 Å². The fourth-order valence-corrected chi connectivity index (χ4v) is 4.36. The zero-order valence-electron chi connectivity index (χ0n) is 18.7. The van der Waals surface area contributed by atoms with Crippen LogP contribution in [0.1, 0.15) is 45.2 Å². The summed E-state index contributed by atoms with van der Waals surface area (Å²) in [5, 5.41) is 19.1. The number of hydrogen-bond acceptors (Lipinski definition) is 6. The molecule has 3 heterocycles. The first-order valence-electron chi connectivity index (χ1n) is 10.8. The van der Waals surface area contributed by atoms with Crippen LogP contribution in [0.25, 0.3) is 16.7 Å². The third-order valence-corrected chi connectivity index (χ3v) is 5.62. The third kappa shape index (κ3) is 4.69. The summed E-state index contributed by atoms with van der Waals surface area (Å²) in [5.74, 6) is 1.65. The van der Waals surface area contributed by atoms with Gasteiger partial charge in [-0.25, -0.2) is 0 Å². The lowest BCUT2D eigenvalue weighted by Gasteiger charge is -2.26. The van der Waals surface area contributed by atoms with E-state index < -0.39 is 0 Å². The summed E-state index contributed by atoms with van der Waals surface area (Å²) in [7, 11) is 0. The van der Waals surface area contributed by atoms with Crippen LogP contribution in [-0.4, -0.2) is 41.6 Å². The van der Waals surface area contributed by atoms with E-state index in [0.717, 1.165) is 53.2 Å². The zero-order chi connectivity index (χ0) is 22.2. The van der Waals surface area contributed by atoms with Gasteiger partial charge in [0.2, 0.25) is 5.88 Å². The van der Waals surface area contributed by atoms with Crippen LogP contribution in [0, 0.1) is 10.8 Å². The predicted octanol–water partition coefficient (Wildman–Crippen LogP) is 4.68. The fraction of sp³-hybridized carbons (Fsp3) is 0.400. The van der Waals surface area contributed by atoms with Gasteiger partial charge in [0, 0.05) is 47.7 Å². The number of anilines is 1. The summed E-state index contributed by atoms with van der Waals surface area (Å²) in [6.07, 6.45) is 4.11. The van der Waals surface area contributed by atoms with Gasteiger partial charge in [0.1, 0.15) is 12.4 Å². The number of allylic oxidation sites excluding steroid dienone is 2. The van der Waals surface area contributed by atoms with E-state index in [4.69, 9.17) is 20.5 Å². The molecule has 31 heavy (non-hydrogen) atoms. The molecule has 1 aromatic carbocycles. The number of fused-ring (bicyclic) bond motifs is 3. The van der Waals surface area contributed by atoms with E-state index in [1.165, 1.54) is 6.21 Å². The van der Waals surface area contributed by atoms with Gasteiger partial charge >= 0.3 is 0 Å². The van der Waals surface area contributed by atoms with Crippen molar-refractivity contribution in [2.75, 3.05) is 18.0 Å². The van der Waals surface area contributed by atoms with Gasteiger partial charge in [-0.05, 0) is 75.1 Å². The third-order valence-electron chi connectivity index (χ3n) is 5.62. The summed E-state index contributed by atoms with van der Waals surface area (Å²) in [6.45, 7) is 10.7. The van der Waals surface area contributed by atoms with Gasteiger partial charge in [-0.15, -0.1) is 0 Å². The first kappa shape index (κ1) is 21.2. The molecule has 3 N–H and O–H groups in total. The van der Waals surface area contributed by atoms with Crippen molar-refractivity contribution in [3.63, 3.8) is 0 Å². The zero-order valence-corrected chi connectivity index (χ0v) is 18.7. The standard InChI is InChI=1S/C25H31N5O/c1-16(27)11-18(13-26)17-5-6-21-19(12-17)15-31-24-22(21)7-8-23(28-24)30-10-9-20(14-30)29-25(2,3)4/h5-8,11-13,20,26-27,29H,9-10,14-15H2,1-4H3/b18-11+,26-13?,27-16?/t20-/m1/s1. The number of aromatic nitrogens is 1. The summed E-state index contributed by atoms with van der Waals surface area (Å²) < 4.78 is 6.03. The highest BCUT2D eigenvalue weighted by Gasteiger charge is 2.28. The highest BCUT2D eigenvalue weighted by Crippen LogP contribution is 2.38. The molecule has 4 rings (SSSR count). The van der Waals surface area contributed by atoms with Crippen LogP contribution in [0.2, 0.25) is 0 Å². The van der Waals surface area contributed by atoms with Gasteiger partial charge in [-0.3, -0.25) is 0 Å². The molecule has 162 valence electrons. The maximum absolute atomic E-state index is 7.69. The van der Waals surface area contributed by atoms with Gasteiger partial charge in [-0.2, -0.15) is 4.98 Å². The van der Waals surface area contributed by atoms with Crippen LogP contribution in [0.3, 0.4) is 0 Å². The molecule has 1 fully saturated rings. The molecular weight excluding hydrogens is 386 g/mol. The number of hydrogen-bond donors (Lipinski definition) is 3. The summed E-state index contributed by atoms with van der Waals surface area (Å²) in [5.41, 5.74) is 5.38. The smallest absolute Gasteiger partial charge is 0.223 e. The molecule has 2 aliphatic heterocycles. The molecule has 2 aromatic rings. The van der Waals surface area contributed by atoms with Crippen LogP contribution in [0.4, 0.5) is 5.82 Å². The second-order valence-corrected chi connectivity index (χ2v) is 9.44. The van der Waals surface area contributed by atoms with Gasteiger partial charge in [-0.1, -0.05) is 12.1 Å². The quantitative estimate of drug-likeness (QED) is 0.617. The number of pyridine rings is 1. The topological polar surface area (TPSA) is 85.1 Å². The van der Waals surface area contributed by atoms with Gasteiger partial charge in [0.05, 0.1) is 0 Å². The lowest BCUT2D eigenvalue weighted by Crippen LogP contribution is -2.44. The Morgan fingerprint density at radius 2 is 2.00 bits per heavy atom. The van der Waals surface area contributed by atoms with Crippen LogP contribution in [0.5, 0.6) is 5.88 Å². The monoisotopic (exact) mass is 417 g/mol. The van der Waals surface area contributed by atoms with Crippen molar-refractivity contribution >= 4 is 23.3 Å². The van der Waals surface area contributed by atoms with Crippen molar-refractivity contribution in [3.05, 3.63) is 47.5 Å². The average molecular weight is 418 g/mol. The lowest BCUT2D eigenvalue weighted by molar-refractivity contribution is 0.290. The molecule has 1 saturated heterocycles. The predicted molar refractivity (Wildman–Crippen MR) is 128 cm³/mol. The van der Waals surface area contributed by atoms with Crippen molar-refractivity contribution in [2.24, 2.45) is 0 Å². The number of ether oxygens (including phenoxy) is 1. The Hall–Kier alpha value is -2.99. The molecule has 0 saturated carbocycles. The highest BCUT2D eigenvalue weighted by atomic mass is 16.5. The van der Waals surface area contributed by atoms with Crippen LogP contribution < -0.4 is 15.0 Å². The fourth-order valence-electron chi connectivity index (χ4n) is 4.36. The van der Waals surface area contributed by atoms with Crippen molar-refractivity contribution < 1.29 is 4.74 Å². The maximum atomic E-state index is 7.69. The number of rotatable bonds is 5. The molecule has 0 aliphatic carbocycles. The summed E-state index contributed by atoms with van der Waals surface area (Å²) in [6, 6.07) is 10.8. The SMILES string of the molecule is CC(=N)/C=C(\C=N)c1ccc2c(c1)COc1nc(N3CC[C@@H](NC(C)(C)C)C3)ccc1-2. The Kier molecular flexibility index (Phi) is 5.67. The summed E-state index contributed by atoms with van der Waals surface area (Å²) in [4.78, 5) is 7.16. The molecule has 1 atom stereocenters. The van der Waals surface area contributed by atoms with E-state index in [9.17, 15) is 0 Å². The Labute approximate surface area is 184 Å². The molecule has 0 radical (unpaired) electrons.